The molecule has 26 heavy (non-hydrogen) atoms. The summed E-state index contributed by atoms with van der Waals surface area (Å²) < 4.78 is 1.64. The van der Waals surface area contributed by atoms with Gasteiger partial charge in [-0.2, -0.15) is 14.8 Å². The Morgan fingerprint density at radius 2 is 2.00 bits per heavy atom. The summed E-state index contributed by atoms with van der Waals surface area (Å²) in [7, 11) is 0. The third-order valence-electron chi connectivity index (χ3n) is 5.27. The number of aromatic nitrogens is 5. The number of likely N-dealkylation sites (tertiary alicyclic amines) is 1. The lowest BCUT2D eigenvalue weighted by atomic mass is 9.93. The molecule has 1 N–H and O–H groups in total. The van der Waals surface area contributed by atoms with Gasteiger partial charge in [-0.1, -0.05) is 0 Å². The molecule has 1 aliphatic rings. The number of hydrogen-bond acceptors (Lipinski definition) is 4. The third kappa shape index (κ3) is 2.35. The molecule has 0 bridgehead atoms. The highest BCUT2D eigenvalue weighted by Gasteiger charge is 2.22. The molecule has 4 aromatic heterocycles. The fraction of sp³-hybridized carbons (Fsp3) is 0.263. The van der Waals surface area contributed by atoms with Crippen LogP contribution in [0.2, 0.25) is 0 Å². The molecule has 5 rings (SSSR count). The summed E-state index contributed by atoms with van der Waals surface area (Å²) in [5.74, 6) is 0.429. The molecule has 5 heterocycles. The SMILES string of the molecule is O=CN1CCC(c2cc3c(-c4cnn5ncccc45)ccnc3[nH]2)CC1. The zero-order chi connectivity index (χ0) is 17.5. The number of rotatable bonds is 3. The quantitative estimate of drug-likeness (QED) is 0.578. The largest absolute Gasteiger partial charge is 0.345 e. The van der Waals surface area contributed by atoms with Gasteiger partial charge in [-0.3, -0.25) is 4.79 Å². The van der Waals surface area contributed by atoms with E-state index in [9.17, 15) is 4.79 Å². The van der Waals surface area contributed by atoms with Crippen molar-refractivity contribution >= 4 is 23.0 Å². The molecule has 7 nitrogen and oxygen atoms in total. The van der Waals surface area contributed by atoms with E-state index in [0.717, 1.165) is 60.0 Å². The highest BCUT2D eigenvalue weighted by molar-refractivity contribution is 5.97. The lowest BCUT2D eigenvalue weighted by molar-refractivity contribution is -0.119. The molecule has 1 aliphatic heterocycles. The van der Waals surface area contributed by atoms with Crippen molar-refractivity contribution in [3.63, 3.8) is 0 Å². The van der Waals surface area contributed by atoms with Crippen LogP contribution >= 0.6 is 0 Å². The van der Waals surface area contributed by atoms with Gasteiger partial charge in [0.15, 0.2) is 0 Å². The zero-order valence-corrected chi connectivity index (χ0v) is 14.2. The van der Waals surface area contributed by atoms with Crippen molar-refractivity contribution in [1.82, 2.24) is 29.7 Å². The molecule has 0 saturated carbocycles. The van der Waals surface area contributed by atoms with Crippen LogP contribution < -0.4 is 0 Å². The first kappa shape index (κ1) is 15.1. The van der Waals surface area contributed by atoms with Crippen molar-refractivity contribution in [2.75, 3.05) is 13.1 Å². The molecule has 0 aromatic carbocycles. The highest BCUT2D eigenvalue weighted by atomic mass is 16.1. The normalized spacial score (nSPS) is 15.8. The van der Waals surface area contributed by atoms with Gasteiger partial charge < -0.3 is 9.88 Å². The van der Waals surface area contributed by atoms with E-state index in [2.05, 4.69) is 26.2 Å². The van der Waals surface area contributed by atoms with Gasteiger partial charge in [-0.25, -0.2) is 4.98 Å². The van der Waals surface area contributed by atoms with E-state index < -0.39 is 0 Å². The van der Waals surface area contributed by atoms with Gasteiger partial charge in [0.25, 0.3) is 0 Å². The summed E-state index contributed by atoms with van der Waals surface area (Å²) in [5, 5.41) is 9.70. The number of H-pyrrole nitrogens is 1. The van der Waals surface area contributed by atoms with Gasteiger partial charge >= 0.3 is 0 Å². The number of amides is 1. The molecule has 0 unspecified atom stereocenters. The van der Waals surface area contributed by atoms with E-state index in [1.807, 2.05) is 35.5 Å². The van der Waals surface area contributed by atoms with Gasteiger partial charge in [-0.15, -0.1) is 0 Å². The number of pyridine rings is 1. The summed E-state index contributed by atoms with van der Waals surface area (Å²) in [6, 6.07) is 8.17. The first-order chi connectivity index (χ1) is 12.8. The average molecular weight is 346 g/mol. The number of carbonyl (C=O) groups is 1. The van der Waals surface area contributed by atoms with Crippen LogP contribution in [0.25, 0.3) is 27.7 Å². The summed E-state index contributed by atoms with van der Waals surface area (Å²) in [6.45, 7) is 1.62. The minimum absolute atomic E-state index is 0.429. The minimum Gasteiger partial charge on any atom is -0.345 e. The second kappa shape index (κ2) is 5.94. The van der Waals surface area contributed by atoms with Crippen LogP contribution in [0.3, 0.4) is 0 Å². The number of hydrogen-bond donors (Lipinski definition) is 1. The lowest BCUT2D eigenvalue weighted by Crippen LogP contribution is -2.31. The number of aromatic amines is 1. The average Bonchev–Trinajstić information content (AvgIpc) is 3.32. The number of fused-ring (bicyclic) bond motifs is 2. The molecule has 0 spiro atoms. The highest BCUT2D eigenvalue weighted by Crippen LogP contribution is 2.34. The lowest BCUT2D eigenvalue weighted by Gasteiger charge is -2.28. The van der Waals surface area contributed by atoms with Gasteiger partial charge in [0.1, 0.15) is 5.65 Å². The van der Waals surface area contributed by atoms with E-state index in [1.54, 1.807) is 10.8 Å². The fourth-order valence-electron chi connectivity index (χ4n) is 3.86. The van der Waals surface area contributed by atoms with E-state index in [0.29, 0.717) is 5.92 Å². The summed E-state index contributed by atoms with van der Waals surface area (Å²) in [6.07, 6.45) is 8.30. The first-order valence-electron chi connectivity index (χ1n) is 8.80. The molecule has 130 valence electrons. The standard InChI is InChI=1S/C19H18N6O/c26-12-24-8-4-13(5-9-24)17-10-15-14(3-7-20-19(15)23-17)16-11-22-25-18(16)2-1-6-21-25/h1-3,6-7,10-13H,4-5,8-9H2,(H,20,23). The van der Waals surface area contributed by atoms with Crippen LogP contribution in [0.15, 0.2) is 42.9 Å². The van der Waals surface area contributed by atoms with Crippen LogP contribution in [0.4, 0.5) is 0 Å². The second-order valence-corrected chi connectivity index (χ2v) is 6.72. The second-order valence-electron chi connectivity index (χ2n) is 6.72. The maximum absolute atomic E-state index is 10.9. The van der Waals surface area contributed by atoms with E-state index in [1.165, 1.54) is 5.69 Å². The molecule has 0 aliphatic carbocycles. The van der Waals surface area contributed by atoms with Crippen molar-refractivity contribution in [2.24, 2.45) is 0 Å². The molecule has 1 saturated heterocycles. The van der Waals surface area contributed by atoms with E-state index in [-0.39, 0.29) is 0 Å². The number of piperidine rings is 1. The minimum atomic E-state index is 0.429. The smallest absolute Gasteiger partial charge is 0.209 e. The Bertz CT molecular complexity index is 1090. The van der Waals surface area contributed by atoms with Gasteiger partial charge in [0.05, 0.1) is 11.7 Å². The molecule has 1 amide bonds. The number of nitrogens with one attached hydrogen (secondary N) is 1. The third-order valence-corrected chi connectivity index (χ3v) is 5.27. The van der Waals surface area contributed by atoms with Gasteiger partial charge in [0.2, 0.25) is 6.41 Å². The van der Waals surface area contributed by atoms with E-state index >= 15 is 0 Å². The zero-order valence-electron chi connectivity index (χ0n) is 14.2. The van der Waals surface area contributed by atoms with Crippen molar-refractivity contribution in [2.45, 2.75) is 18.8 Å². The van der Waals surface area contributed by atoms with Crippen molar-refractivity contribution in [3.05, 3.63) is 48.5 Å². The van der Waals surface area contributed by atoms with Crippen molar-refractivity contribution < 1.29 is 4.79 Å². The molecule has 7 heteroatoms. The van der Waals surface area contributed by atoms with Crippen LogP contribution in [0.5, 0.6) is 0 Å². The summed E-state index contributed by atoms with van der Waals surface area (Å²) in [5.41, 5.74) is 5.21. The maximum atomic E-state index is 10.9. The molecule has 4 aromatic rings. The van der Waals surface area contributed by atoms with Crippen LogP contribution in [-0.2, 0) is 4.79 Å². The van der Waals surface area contributed by atoms with Crippen molar-refractivity contribution in [1.29, 1.82) is 0 Å². The Balaban J connectivity index is 1.58. The predicted molar refractivity (Wildman–Crippen MR) is 97.7 cm³/mol. The Morgan fingerprint density at radius 1 is 1.12 bits per heavy atom. The Labute approximate surface area is 149 Å². The Morgan fingerprint density at radius 3 is 2.85 bits per heavy atom. The Hall–Kier alpha value is -3.22. The molecule has 0 atom stereocenters. The molecular weight excluding hydrogens is 328 g/mol. The predicted octanol–water partition coefficient (Wildman–Crippen LogP) is 2.61. The molecule has 1 fully saturated rings. The fourth-order valence-corrected chi connectivity index (χ4v) is 3.86. The first-order valence-corrected chi connectivity index (χ1v) is 8.80. The van der Waals surface area contributed by atoms with Crippen LogP contribution in [-0.4, -0.2) is 49.2 Å². The molecular formula is C19H18N6O. The van der Waals surface area contributed by atoms with Crippen LogP contribution in [0.1, 0.15) is 24.5 Å². The number of carbonyl (C=O) groups excluding carboxylic acids is 1. The maximum Gasteiger partial charge on any atom is 0.209 e. The monoisotopic (exact) mass is 346 g/mol. The molecule has 0 radical (unpaired) electrons. The topological polar surface area (TPSA) is 79.2 Å². The number of nitrogens with zero attached hydrogens (tertiary/aromatic N) is 5. The summed E-state index contributed by atoms with van der Waals surface area (Å²) >= 11 is 0. The van der Waals surface area contributed by atoms with Crippen molar-refractivity contribution in [3.8, 4) is 11.1 Å². The summed E-state index contributed by atoms with van der Waals surface area (Å²) in [4.78, 5) is 20.8. The van der Waals surface area contributed by atoms with Gasteiger partial charge in [-0.05, 0) is 42.7 Å². The van der Waals surface area contributed by atoms with Gasteiger partial charge in [0, 0.05) is 48.0 Å². The van der Waals surface area contributed by atoms with Crippen LogP contribution in [0, 0.1) is 0 Å². The van der Waals surface area contributed by atoms with E-state index in [4.69, 9.17) is 0 Å². The Kier molecular flexibility index (Phi) is 3.44.